The quantitative estimate of drug-likeness (QED) is 0.388. The maximum atomic E-state index is 12.1. The molecular weight excluding hydrogens is 380 g/mol. The number of fused-ring (bicyclic) bond motifs is 1. The standard InChI is InChI=1S/C21H32O8/c1-10-4-6-13-12(3)20(26)27-15(13)8-11(2)14(7-5-10)28-21-19(25)18(24)17(23)16(9-22)29-21/h5,8,12-19,21-25H,4,6-7,9H2,1-3H3/b10-5+,11-8+/t12-,13-,14+,15+,16+,17+,18-,19+,21-/m0/s1. The second-order valence-electron chi connectivity index (χ2n) is 8.41. The van der Waals surface area contributed by atoms with E-state index in [0.29, 0.717) is 6.42 Å². The molecule has 0 bridgehead atoms. The fourth-order valence-corrected chi connectivity index (χ4v) is 4.22. The Kier molecular flexibility index (Phi) is 7.14. The Bertz CT molecular complexity index is 657. The van der Waals surface area contributed by atoms with E-state index in [1.807, 2.05) is 26.8 Å². The first-order chi connectivity index (χ1) is 13.7. The van der Waals surface area contributed by atoms with Crippen molar-refractivity contribution in [1.29, 1.82) is 0 Å². The molecular formula is C21H32O8. The minimum Gasteiger partial charge on any atom is -0.458 e. The number of ether oxygens (including phenoxy) is 3. The Morgan fingerprint density at radius 3 is 2.59 bits per heavy atom. The van der Waals surface area contributed by atoms with Crippen molar-refractivity contribution in [3.05, 3.63) is 23.3 Å². The molecule has 0 radical (unpaired) electrons. The van der Waals surface area contributed by atoms with Crippen molar-refractivity contribution >= 4 is 5.97 Å². The zero-order chi connectivity index (χ0) is 21.3. The van der Waals surface area contributed by atoms with E-state index in [0.717, 1.165) is 18.4 Å². The molecule has 0 spiro atoms. The summed E-state index contributed by atoms with van der Waals surface area (Å²) in [6.07, 6.45) is -1.25. The molecule has 2 fully saturated rings. The number of allylic oxidation sites excluding steroid dienone is 1. The van der Waals surface area contributed by atoms with Gasteiger partial charge in [-0.15, -0.1) is 0 Å². The highest BCUT2D eigenvalue weighted by Crippen LogP contribution is 2.36. The van der Waals surface area contributed by atoms with Gasteiger partial charge in [0.1, 0.15) is 30.5 Å². The summed E-state index contributed by atoms with van der Waals surface area (Å²) in [7, 11) is 0. The molecule has 2 saturated heterocycles. The largest absolute Gasteiger partial charge is 0.458 e. The van der Waals surface area contributed by atoms with Crippen molar-refractivity contribution in [3.63, 3.8) is 0 Å². The average Bonchev–Trinajstić information content (AvgIpc) is 2.95. The first kappa shape index (κ1) is 22.4. The molecule has 0 saturated carbocycles. The number of aliphatic hydroxyl groups is 4. The lowest BCUT2D eigenvalue weighted by Gasteiger charge is -2.41. The third-order valence-corrected chi connectivity index (χ3v) is 6.32. The van der Waals surface area contributed by atoms with Crippen LogP contribution in [0.1, 0.15) is 40.0 Å². The van der Waals surface area contributed by atoms with Gasteiger partial charge in [-0.1, -0.05) is 18.6 Å². The van der Waals surface area contributed by atoms with E-state index in [1.54, 1.807) is 0 Å². The van der Waals surface area contributed by atoms with Crippen molar-refractivity contribution in [2.75, 3.05) is 6.61 Å². The molecule has 164 valence electrons. The highest BCUT2D eigenvalue weighted by atomic mass is 16.7. The Morgan fingerprint density at radius 2 is 1.90 bits per heavy atom. The van der Waals surface area contributed by atoms with Crippen molar-refractivity contribution in [2.45, 2.75) is 82.9 Å². The molecule has 0 aromatic rings. The van der Waals surface area contributed by atoms with Crippen LogP contribution in [-0.2, 0) is 19.0 Å². The monoisotopic (exact) mass is 412 g/mol. The predicted molar refractivity (Wildman–Crippen MR) is 103 cm³/mol. The molecule has 2 heterocycles. The third kappa shape index (κ3) is 4.73. The van der Waals surface area contributed by atoms with Gasteiger partial charge in [-0.3, -0.25) is 4.79 Å². The van der Waals surface area contributed by atoms with E-state index in [2.05, 4.69) is 6.08 Å². The van der Waals surface area contributed by atoms with Gasteiger partial charge in [-0.05, 0) is 44.8 Å². The van der Waals surface area contributed by atoms with Crippen LogP contribution < -0.4 is 0 Å². The Morgan fingerprint density at radius 1 is 1.17 bits per heavy atom. The molecule has 3 aliphatic rings. The summed E-state index contributed by atoms with van der Waals surface area (Å²) in [5.41, 5.74) is 2.00. The van der Waals surface area contributed by atoms with Gasteiger partial charge >= 0.3 is 5.97 Å². The summed E-state index contributed by atoms with van der Waals surface area (Å²) in [5, 5.41) is 39.6. The van der Waals surface area contributed by atoms with Gasteiger partial charge in [0.2, 0.25) is 0 Å². The van der Waals surface area contributed by atoms with Gasteiger partial charge in [0, 0.05) is 5.92 Å². The first-order valence-corrected chi connectivity index (χ1v) is 10.2. The van der Waals surface area contributed by atoms with E-state index in [-0.39, 0.29) is 23.9 Å². The molecule has 9 atom stereocenters. The normalized spacial score (nSPS) is 47.4. The van der Waals surface area contributed by atoms with E-state index < -0.39 is 43.4 Å². The van der Waals surface area contributed by atoms with Gasteiger partial charge in [-0.25, -0.2) is 0 Å². The smallest absolute Gasteiger partial charge is 0.309 e. The van der Waals surface area contributed by atoms with Gasteiger partial charge in [0.05, 0.1) is 18.6 Å². The number of hydrogen-bond donors (Lipinski definition) is 4. The minimum absolute atomic E-state index is 0.0896. The van der Waals surface area contributed by atoms with Gasteiger partial charge in [0.25, 0.3) is 0 Å². The Labute approximate surface area is 170 Å². The number of carbonyl (C=O) groups is 1. The summed E-state index contributed by atoms with van der Waals surface area (Å²) >= 11 is 0. The molecule has 3 rings (SSSR count). The van der Waals surface area contributed by atoms with Crippen LogP contribution in [0.4, 0.5) is 0 Å². The van der Waals surface area contributed by atoms with E-state index in [4.69, 9.17) is 14.2 Å². The average molecular weight is 412 g/mol. The molecule has 0 aromatic carbocycles. The molecule has 8 nitrogen and oxygen atoms in total. The number of aliphatic hydroxyl groups excluding tert-OH is 4. The summed E-state index contributed by atoms with van der Waals surface area (Å²) in [6, 6.07) is 0. The van der Waals surface area contributed by atoms with Crippen molar-refractivity contribution < 1.29 is 39.4 Å². The van der Waals surface area contributed by atoms with Crippen LogP contribution in [0, 0.1) is 11.8 Å². The molecule has 1 aliphatic carbocycles. The lowest BCUT2D eigenvalue weighted by atomic mass is 9.84. The lowest BCUT2D eigenvalue weighted by Crippen LogP contribution is -2.59. The zero-order valence-corrected chi connectivity index (χ0v) is 17.1. The van der Waals surface area contributed by atoms with Gasteiger partial charge in [-0.2, -0.15) is 0 Å². The van der Waals surface area contributed by atoms with Crippen LogP contribution in [0.15, 0.2) is 23.3 Å². The summed E-state index contributed by atoms with van der Waals surface area (Å²) in [5.74, 6) is -0.274. The summed E-state index contributed by atoms with van der Waals surface area (Å²) in [4.78, 5) is 12.1. The van der Waals surface area contributed by atoms with Crippen LogP contribution in [0.25, 0.3) is 0 Å². The number of esters is 1. The molecule has 2 aliphatic heterocycles. The van der Waals surface area contributed by atoms with Crippen molar-refractivity contribution in [1.82, 2.24) is 0 Å². The van der Waals surface area contributed by atoms with Crippen LogP contribution in [0.2, 0.25) is 0 Å². The van der Waals surface area contributed by atoms with Crippen molar-refractivity contribution in [2.24, 2.45) is 11.8 Å². The topological polar surface area (TPSA) is 126 Å². The van der Waals surface area contributed by atoms with E-state index >= 15 is 0 Å². The second kappa shape index (κ2) is 9.24. The van der Waals surface area contributed by atoms with E-state index in [1.165, 1.54) is 5.57 Å². The van der Waals surface area contributed by atoms with Gasteiger partial charge in [0.15, 0.2) is 6.29 Å². The number of hydrogen-bond acceptors (Lipinski definition) is 8. The van der Waals surface area contributed by atoms with Crippen LogP contribution >= 0.6 is 0 Å². The maximum absolute atomic E-state index is 12.1. The molecule has 0 amide bonds. The second-order valence-corrected chi connectivity index (χ2v) is 8.41. The minimum atomic E-state index is -1.49. The van der Waals surface area contributed by atoms with Crippen LogP contribution in [0.5, 0.6) is 0 Å². The molecule has 29 heavy (non-hydrogen) atoms. The number of carbonyl (C=O) groups excluding carboxylic acids is 1. The predicted octanol–water partition coefficient (Wildman–Crippen LogP) is 0.426. The van der Waals surface area contributed by atoms with Crippen LogP contribution in [-0.4, -0.2) is 75.9 Å². The molecule has 0 aromatic heterocycles. The van der Waals surface area contributed by atoms with Gasteiger partial charge < -0.3 is 34.6 Å². The van der Waals surface area contributed by atoms with E-state index in [9.17, 15) is 25.2 Å². The maximum Gasteiger partial charge on any atom is 0.309 e. The molecule has 4 N–H and O–H groups in total. The molecule has 0 unspecified atom stereocenters. The summed E-state index contributed by atoms with van der Waals surface area (Å²) < 4.78 is 17.0. The number of rotatable bonds is 3. The highest BCUT2D eigenvalue weighted by molar-refractivity contribution is 5.75. The third-order valence-electron chi connectivity index (χ3n) is 6.32. The fraction of sp³-hybridized carbons (Fsp3) is 0.762. The molecule has 8 heteroatoms. The Balaban J connectivity index is 1.82. The highest BCUT2D eigenvalue weighted by Gasteiger charge is 2.45. The zero-order valence-electron chi connectivity index (χ0n) is 17.1. The SMILES string of the molecule is C/C1=C\C[C@@H](O[C@H]2O[C@H](CO)[C@@H](O)[C@H](O)[C@H]2O)/C(C)=C/[C@H]2OC(=O)[C@@H](C)[C@@H]2CC1. The van der Waals surface area contributed by atoms with Crippen LogP contribution in [0.3, 0.4) is 0 Å². The Hall–Kier alpha value is -1.29. The fourth-order valence-electron chi connectivity index (χ4n) is 4.22. The summed E-state index contributed by atoms with van der Waals surface area (Å²) in [6.45, 7) is 5.28. The van der Waals surface area contributed by atoms with Crippen molar-refractivity contribution in [3.8, 4) is 0 Å². The first-order valence-electron chi connectivity index (χ1n) is 10.2. The lowest BCUT2D eigenvalue weighted by molar-refractivity contribution is -0.308.